The van der Waals surface area contributed by atoms with E-state index in [4.69, 9.17) is 11.6 Å². The lowest BCUT2D eigenvalue weighted by molar-refractivity contribution is 0.196. The molecule has 9 heavy (non-hydrogen) atoms. The molecule has 4 N–H and O–H groups in total. The van der Waals surface area contributed by atoms with Gasteiger partial charge in [-0.25, -0.2) is 5.84 Å². The van der Waals surface area contributed by atoms with Crippen molar-refractivity contribution in [1.29, 1.82) is 0 Å². The lowest BCUT2D eigenvalue weighted by Gasteiger charge is -2.29. The van der Waals surface area contributed by atoms with Crippen molar-refractivity contribution >= 4 is 0 Å². The van der Waals surface area contributed by atoms with Gasteiger partial charge in [-0.2, -0.15) is 0 Å². The summed E-state index contributed by atoms with van der Waals surface area (Å²) >= 11 is 0. The molecule has 0 amide bonds. The largest absolute Gasteiger partial charge is 0.308 e. The second kappa shape index (κ2) is 2.85. The maximum atomic E-state index is 5.61. The third-order valence-corrected chi connectivity index (χ3v) is 0.975. The first-order chi connectivity index (χ1) is 3.98. The fraction of sp³-hybridized carbons (Fsp3) is 0.667. The Morgan fingerprint density at radius 1 is 1.44 bits per heavy atom. The van der Waals surface area contributed by atoms with Crippen LogP contribution in [0.2, 0.25) is 0 Å². The summed E-state index contributed by atoms with van der Waals surface area (Å²) in [4.78, 5) is 0. The van der Waals surface area contributed by atoms with Gasteiger partial charge in [0.05, 0.1) is 5.66 Å². The molecule has 0 atom stereocenters. The Labute approximate surface area is 56.3 Å². The van der Waals surface area contributed by atoms with Crippen molar-refractivity contribution in [3.05, 3.63) is 12.3 Å². The molecular formula is C6H15N3. The van der Waals surface area contributed by atoms with Gasteiger partial charge in [-0.15, -0.1) is 0 Å². The summed E-state index contributed by atoms with van der Waals surface area (Å²) < 4.78 is 0. The van der Waals surface area contributed by atoms with Gasteiger partial charge >= 0.3 is 0 Å². The Morgan fingerprint density at radius 2 is 1.89 bits per heavy atom. The van der Waals surface area contributed by atoms with Crippen LogP contribution >= 0.6 is 0 Å². The quantitative estimate of drug-likeness (QED) is 0.322. The number of rotatable bonds is 2. The van der Waals surface area contributed by atoms with Gasteiger partial charge < -0.3 is 5.73 Å². The molecule has 3 heteroatoms. The van der Waals surface area contributed by atoms with E-state index in [2.05, 4.69) is 0 Å². The maximum absolute atomic E-state index is 5.61. The Balaban J connectivity index is 3.88. The van der Waals surface area contributed by atoms with Crippen molar-refractivity contribution in [3.63, 3.8) is 0 Å². The molecule has 0 spiro atoms. The number of hydrazine groups is 1. The fourth-order valence-electron chi connectivity index (χ4n) is 0.353. The Kier molecular flexibility index (Phi) is 2.67. The van der Waals surface area contributed by atoms with Gasteiger partial charge in [0.1, 0.15) is 0 Å². The molecule has 0 aliphatic heterocycles. The third-order valence-electron chi connectivity index (χ3n) is 0.975. The van der Waals surface area contributed by atoms with Crippen LogP contribution in [0.15, 0.2) is 12.3 Å². The highest BCUT2D eigenvalue weighted by Gasteiger charge is 2.13. The molecule has 0 saturated heterocycles. The standard InChI is InChI=1S/C6H15N3/c1-4-5-9(8)6(2,3)7/h4-5H,7-8H2,1-3H3/b5-4-. The lowest BCUT2D eigenvalue weighted by atomic mass is 10.2. The van der Waals surface area contributed by atoms with Crippen LogP contribution in [0.3, 0.4) is 0 Å². The predicted octanol–water partition coefficient (Wildman–Crippen LogP) is 0.391. The topological polar surface area (TPSA) is 55.3 Å². The van der Waals surface area contributed by atoms with Crippen LogP contribution in [-0.2, 0) is 0 Å². The lowest BCUT2D eigenvalue weighted by Crippen LogP contribution is -2.51. The van der Waals surface area contributed by atoms with Crippen LogP contribution in [0.4, 0.5) is 0 Å². The van der Waals surface area contributed by atoms with E-state index in [1.54, 1.807) is 6.20 Å². The Hall–Kier alpha value is -0.540. The molecule has 0 aliphatic carbocycles. The molecule has 0 radical (unpaired) electrons. The van der Waals surface area contributed by atoms with E-state index < -0.39 is 5.66 Å². The second-order valence-electron chi connectivity index (χ2n) is 2.54. The van der Waals surface area contributed by atoms with Crippen LogP contribution in [0.5, 0.6) is 0 Å². The molecule has 0 aromatic carbocycles. The molecule has 0 unspecified atom stereocenters. The van der Waals surface area contributed by atoms with E-state index in [1.165, 1.54) is 5.01 Å². The first-order valence-electron chi connectivity index (χ1n) is 2.94. The Bertz CT molecular complexity index is 101. The molecule has 0 saturated carbocycles. The van der Waals surface area contributed by atoms with E-state index in [9.17, 15) is 0 Å². The molecule has 0 bridgehead atoms. The summed E-state index contributed by atoms with van der Waals surface area (Å²) in [5.74, 6) is 5.48. The summed E-state index contributed by atoms with van der Waals surface area (Å²) in [6.45, 7) is 5.57. The highest BCUT2D eigenvalue weighted by molar-refractivity contribution is 4.82. The zero-order valence-corrected chi connectivity index (χ0v) is 6.26. The predicted molar refractivity (Wildman–Crippen MR) is 39.1 cm³/mol. The zero-order chi connectivity index (χ0) is 7.49. The zero-order valence-electron chi connectivity index (χ0n) is 6.26. The monoisotopic (exact) mass is 129 g/mol. The van der Waals surface area contributed by atoms with Crippen molar-refractivity contribution in [2.75, 3.05) is 0 Å². The van der Waals surface area contributed by atoms with Gasteiger partial charge in [0.2, 0.25) is 0 Å². The average Bonchev–Trinajstić information content (AvgIpc) is 1.64. The van der Waals surface area contributed by atoms with Gasteiger partial charge in [-0.3, -0.25) is 5.01 Å². The number of nitrogens with zero attached hydrogens (tertiary/aromatic N) is 1. The van der Waals surface area contributed by atoms with Crippen molar-refractivity contribution in [3.8, 4) is 0 Å². The molecule has 0 aromatic rings. The average molecular weight is 129 g/mol. The SMILES string of the molecule is C/C=C\N(N)C(C)(C)N. The minimum Gasteiger partial charge on any atom is -0.308 e. The first kappa shape index (κ1) is 8.46. The van der Waals surface area contributed by atoms with Crippen LogP contribution in [0.25, 0.3) is 0 Å². The van der Waals surface area contributed by atoms with Crippen LogP contribution in [0, 0.1) is 0 Å². The van der Waals surface area contributed by atoms with Crippen LogP contribution in [0.1, 0.15) is 20.8 Å². The number of hydrogen-bond donors (Lipinski definition) is 2. The molecule has 0 heterocycles. The van der Waals surface area contributed by atoms with Gasteiger partial charge in [0.15, 0.2) is 0 Å². The normalized spacial score (nSPS) is 12.6. The molecule has 3 nitrogen and oxygen atoms in total. The number of hydrogen-bond acceptors (Lipinski definition) is 3. The highest BCUT2D eigenvalue weighted by Crippen LogP contribution is 1.99. The van der Waals surface area contributed by atoms with Crippen molar-refractivity contribution in [2.45, 2.75) is 26.4 Å². The smallest absolute Gasteiger partial charge is 0.0966 e. The van der Waals surface area contributed by atoms with Gasteiger partial charge in [0, 0.05) is 6.20 Å². The van der Waals surface area contributed by atoms with Gasteiger partial charge in [-0.1, -0.05) is 6.08 Å². The second-order valence-corrected chi connectivity index (χ2v) is 2.54. The van der Waals surface area contributed by atoms with Crippen molar-refractivity contribution < 1.29 is 0 Å². The van der Waals surface area contributed by atoms with Crippen molar-refractivity contribution in [2.24, 2.45) is 11.6 Å². The summed E-state index contributed by atoms with van der Waals surface area (Å²) in [6.07, 6.45) is 3.58. The molecular weight excluding hydrogens is 114 g/mol. The molecule has 0 aliphatic rings. The van der Waals surface area contributed by atoms with E-state index in [1.807, 2.05) is 26.8 Å². The van der Waals surface area contributed by atoms with E-state index in [0.29, 0.717) is 0 Å². The first-order valence-corrected chi connectivity index (χ1v) is 2.94. The fourth-order valence-corrected chi connectivity index (χ4v) is 0.353. The summed E-state index contributed by atoms with van der Waals surface area (Å²) in [7, 11) is 0. The summed E-state index contributed by atoms with van der Waals surface area (Å²) in [5.41, 5.74) is 5.15. The van der Waals surface area contributed by atoms with Crippen LogP contribution in [-0.4, -0.2) is 10.7 Å². The molecule has 0 aromatic heterocycles. The van der Waals surface area contributed by atoms with E-state index in [0.717, 1.165) is 0 Å². The van der Waals surface area contributed by atoms with Gasteiger partial charge in [0.25, 0.3) is 0 Å². The maximum Gasteiger partial charge on any atom is 0.0966 e. The highest BCUT2D eigenvalue weighted by atomic mass is 15.5. The summed E-state index contributed by atoms with van der Waals surface area (Å²) in [5, 5.41) is 1.47. The minimum absolute atomic E-state index is 0.466. The number of allylic oxidation sites excluding steroid dienone is 1. The minimum atomic E-state index is -0.466. The van der Waals surface area contributed by atoms with E-state index >= 15 is 0 Å². The van der Waals surface area contributed by atoms with Crippen molar-refractivity contribution in [1.82, 2.24) is 5.01 Å². The third kappa shape index (κ3) is 3.11. The molecule has 0 fully saturated rings. The molecule has 0 rings (SSSR count). The van der Waals surface area contributed by atoms with E-state index in [-0.39, 0.29) is 0 Å². The molecule has 54 valence electrons. The van der Waals surface area contributed by atoms with Crippen LogP contribution < -0.4 is 11.6 Å². The summed E-state index contributed by atoms with van der Waals surface area (Å²) in [6, 6.07) is 0. The van der Waals surface area contributed by atoms with Gasteiger partial charge in [-0.05, 0) is 20.8 Å². The Morgan fingerprint density at radius 3 is 2.00 bits per heavy atom. The number of nitrogens with two attached hydrogens (primary N) is 2.